The molecule has 1 aromatic rings. The van der Waals surface area contributed by atoms with Crippen LogP contribution in [0.15, 0.2) is 47.5 Å². The molecule has 0 aromatic heterocycles. The molecule has 0 saturated carbocycles. The third-order valence-electron chi connectivity index (χ3n) is 6.91. The van der Waals surface area contributed by atoms with Gasteiger partial charge in [-0.25, -0.2) is 0 Å². The topological polar surface area (TPSA) is 42.9 Å². The van der Waals surface area contributed by atoms with Crippen LogP contribution >= 0.6 is 24.0 Å². The second-order valence-electron chi connectivity index (χ2n) is 9.83. The number of unbranched alkanes of at least 4 members (excludes halogenated alkanes) is 1. The van der Waals surface area contributed by atoms with E-state index in [4.69, 9.17) is 0 Å². The van der Waals surface area contributed by atoms with Gasteiger partial charge in [-0.3, -0.25) is 9.89 Å². The Morgan fingerprint density at radius 3 is 2.30 bits per heavy atom. The van der Waals surface area contributed by atoms with E-state index in [1.165, 1.54) is 75.7 Å². The maximum Gasteiger partial charge on any atom is 0.191 e. The lowest BCUT2D eigenvalue weighted by Crippen LogP contribution is -2.49. The summed E-state index contributed by atoms with van der Waals surface area (Å²) in [5, 5.41) is 7.15. The van der Waals surface area contributed by atoms with Gasteiger partial charge in [0.05, 0.1) is 0 Å². The zero-order valence-electron chi connectivity index (χ0n) is 20.9. The highest BCUT2D eigenvalue weighted by atomic mass is 127. The number of guanidine groups is 1. The maximum absolute atomic E-state index is 4.44. The molecular formula is C27H46IN5. The van der Waals surface area contributed by atoms with Crippen molar-refractivity contribution in [2.45, 2.75) is 57.9 Å². The SMILES string of the molecule is C=C(C)CN1CCC(NC(=NC)NCCCCN2CCC(Cc3ccccc3)CC2)CC1.I. The minimum atomic E-state index is 0. The molecule has 2 aliphatic heterocycles. The summed E-state index contributed by atoms with van der Waals surface area (Å²) >= 11 is 0. The van der Waals surface area contributed by atoms with E-state index in [0.29, 0.717) is 6.04 Å². The van der Waals surface area contributed by atoms with Gasteiger partial charge in [0, 0.05) is 39.3 Å². The fraction of sp³-hybridized carbons (Fsp3) is 0.667. The Balaban J connectivity index is 0.00000385. The number of halogens is 1. The molecule has 3 rings (SSSR count). The van der Waals surface area contributed by atoms with Gasteiger partial charge < -0.3 is 15.5 Å². The van der Waals surface area contributed by atoms with Crippen LogP contribution in [0, 0.1) is 5.92 Å². The summed E-state index contributed by atoms with van der Waals surface area (Å²) in [5.41, 5.74) is 2.75. The van der Waals surface area contributed by atoms with Gasteiger partial charge in [0.25, 0.3) is 0 Å². The van der Waals surface area contributed by atoms with Crippen molar-refractivity contribution < 1.29 is 0 Å². The van der Waals surface area contributed by atoms with Crippen molar-refractivity contribution in [3.8, 4) is 0 Å². The van der Waals surface area contributed by atoms with Crippen LogP contribution in [-0.2, 0) is 6.42 Å². The lowest BCUT2D eigenvalue weighted by Gasteiger charge is -2.33. The van der Waals surface area contributed by atoms with Crippen LogP contribution < -0.4 is 10.6 Å². The first-order valence-corrected chi connectivity index (χ1v) is 12.7. The van der Waals surface area contributed by atoms with Gasteiger partial charge in [-0.05, 0) is 83.0 Å². The Labute approximate surface area is 219 Å². The summed E-state index contributed by atoms with van der Waals surface area (Å²) in [7, 11) is 1.88. The summed E-state index contributed by atoms with van der Waals surface area (Å²) in [6, 6.07) is 11.5. The van der Waals surface area contributed by atoms with Crippen molar-refractivity contribution in [2.24, 2.45) is 10.9 Å². The fourth-order valence-corrected chi connectivity index (χ4v) is 5.03. The lowest BCUT2D eigenvalue weighted by atomic mass is 9.90. The van der Waals surface area contributed by atoms with Gasteiger partial charge in [-0.1, -0.05) is 42.5 Å². The van der Waals surface area contributed by atoms with Crippen LogP contribution in [0.2, 0.25) is 0 Å². The van der Waals surface area contributed by atoms with Crippen molar-refractivity contribution >= 4 is 29.9 Å². The standard InChI is InChI=1S/C27H45N5.HI/c1-23(2)22-32-19-13-26(14-20-32)30-27(28-3)29-15-7-8-16-31-17-11-25(12-18-31)21-24-9-5-4-6-10-24;/h4-6,9-10,25-26H,1,7-8,11-22H2,2-3H3,(H2,28,29,30);1H. The largest absolute Gasteiger partial charge is 0.356 e. The molecular weight excluding hydrogens is 521 g/mol. The van der Waals surface area contributed by atoms with E-state index in [2.05, 4.69) is 69.3 Å². The molecule has 2 heterocycles. The third kappa shape index (κ3) is 10.8. The van der Waals surface area contributed by atoms with Crippen molar-refractivity contribution in [1.82, 2.24) is 20.4 Å². The molecule has 0 amide bonds. The Kier molecular flexibility index (Phi) is 13.4. The molecule has 0 unspecified atom stereocenters. The van der Waals surface area contributed by atoms with Crippen LogP contribution in [-0.4, -0.2) is 74.7 Å². The molecule has 6 heteroatoms. The zero-order chi connectivity index (χ0) is 22.6. The molecule has 5 nitrogen and oxygen atoms in total. The highest BCUT2D eigenvalue weighted by molar-refractivity contribution is 14.0. The second kappa shape index (κ2) is 15.7. The number of benzene rings is 1. The molecule has 33 heavy (non-hydrogen) atoms. The van der Waals surface area contributed by atoms with Crippen LogP contribution in [0.4, 0.5) is 0 Å². The van der Waals surface area contributed by atoms with E-state index in [-0.39, 0.29) is 24.0 Å². The van der Waals surface area contributed by atoms with E-state index in [9.17, 15) is 0 Å². The molecule has 2 aliphatic rings. The number of hydrogen-bond donors (Lipinski definition) is 2. The Morgan fingerprint density at radius 1 is 1.00 bits per heavy atom. The lowest BCUT2D eigenvalue weighted by molar-refractivity contribution is 0.181. The van der Waals surface area contributed by atoms with Gasteiger partial charge in [-0.15, -0.1) is 24.0 Å². The average Bonchev–Trinajstić information content (AvgIpc) is 2.80. The van der Waals surface area contributed by atoms with E-state index >= 15 is 0 Å². The number of rotatable bonds is 10. The maximum atomic E-state index is 4.44. The molecule has 0 bridgehead atoms. The summed E-state index contributed by atoms with van der Waals surface area (Å²) in [6.07, 6.45) is 8.73. The highest BCUT2D eigenvalue weighted by Gasteiger charge is 2.20. The normalized spacial score (nSPS) is 19.2. The minimum absolute atomic E-state index is 0. The number of aliphatic imine (C=N–C) groups is 1. The number of likely N-dealkylation sites (tertiary alicyclic amines) is 2. The molecule has 2 N–H and O–H groups in total. The van der Waals surface area contributed by atoms with E-state index in [0.717, 1.165) is 38.1 Å². The van der Waals surface area contributed by atoms with Crippen molar-refractivity contribution in [3.63, 3.8) is 0 Å². The summed E-state index contributed by atoms with van der Waals surface area (Å²) < 4.78 is 0. The predicted molar refractivity (Wildman–Crippen MR) is 153 cm³/mol. The molecule has 186 valence electrons. The van der Waals surface area contributed by atoms with Crippen molar-refractivity contribution in [1.29, 1.82) is 0 Å². The second-order valence-corrected chi connectivity index (χ2v) is 9.83. The van der Waals surface area contributed by atoms with E-state index in [1.807, 2.05) is 7.05 Å². The number of piperidine rings is 2. The molecule has 0 spiro atoms. The van der Waals surface area contributed by atoms with Crippen LogP contribution in [0.25, 0.3) is 0 Å². The molecule has 0 radical (unpaired) electrons. The van der Waals surface area contributed by atoms with Gasteiger partial charge in [0.15, 0.2) is 5.96 Å². The summed E-state index contributed by atoms with van der Waals surface area (Å²) in [4.78, 5) is 9.60. The zero-order valence-corrected chi connectivity index (χ0v) is 23.2. The summed E-state index contributed by atoms with van der Waals surface area (Å²) in [5.74, 6) is 1.82. The molecule has 0 aliphatic carbocycles. The predicted octanol–water partition coefficient (Wildman–Crippen LogP) is 4.54. The summed E-state index contributed by atoms with van der Waals surface area (Å²) in [6.45, 7) is 14.2. The first-order valence-electron chi connectivity index (χ1n) is 12.7. The number of hydrogen-bond acceptors (Lipinski definition) is 3. The van der Waals surface area contributed by atoms with E-state index in [1.54, 1.807) is 0 Å². The fourth-order valence-electron chi connectivity index (χ4n) is 5.03. The first-order chi connectivity index (χ1) is 15.6. The molecule has 2 saturated heterocycles. The van der Waals surface area contributed by atoms with Crippen LogP contribution in [0.3, 0.4) is 0 Å². The molecule has 1 aromatic carbocycles. The molecule has 0 atom stereocenters. The van der Waals surface area contributed by atoms with Crippen LogP contribution in [0.1, 0.15) is 51.0 Å². The van der Waals surface area contributed by atoms with Gasteiger partial charge in [0.2, 0.25) is 0 Å². The van der Waals surface area contributed by atoms with E-state index < -0.39 is 0 Å². The first kappa shape index (κ1) is 28.1. The number of nitrogens with one attached hydrogen (secondary N) is 2. The monoisotopic (exact) mass is 567 g/mol. The smallest absolute Gasteiger partial charge is 0.191 e. The third-order valence-corrected chi connectivity index (χ3v) is 6.91. The Hall–Kier alpha value is -1.12. The average molecular weight is 568 g/mol. The van der Waals surface area contributed by atoms with Gasteiger partial charge >= 0.3 is 0 Å². The van der Waals surface area contributed by atoms with Gasteiger partial charge in [-0.2, -0.15) is 0 Å². The molecule has 2 fully saturated rings. The minimum Gasteiger partial charge on any atom is -0.356 e. The van der Waals surface area contributed by atoms with Crippen molar-refractivity contribution in [2.75, 3.05) is 52.9 Å². The quantitative estimate of drug-likeness (QED) is 0.143. The van der Waals surface area contributed by atoms with Gasteiger partial charge in [0.1, 0.15) is 0 Å². The van der Waals surface area contributed by atoms with Crippen molar-refractivity contribution in [3.05, 3.63) is 48.0 Å². The number of nitrogens with zero attached hydrogens (tertiary/aromatic N) is 3. The Bertz CT molecular complexity index is 692. The highest BCUT2D eigenvalue weighted by Crippen LogP contribution is 2.21. The Morgan fingerprint density at radius 2 is 1.67 bits per heavy atom. The van der Waals surface area contributed by atoms with Crippen LogP contribution in [0.5, 0.6) is 0 Å².